The van der Waals surface area contributed by atoms with E-state index in [1.807, 2.05) is 58.0 Å². The summed E-state index contributed by atoms with van der Waals surface area (Å²) in [6.07, 6.45) is 6.45. The van der Waals surface area contributed by atoms with Gasteiger partial charge in [0.25, 0.3) is 0 Å². The summed E-state index contributed by atoms with van der Waals surface area (Å²) in [6, 6.07) is 9.50. The lowest BCUT2D eigenvalue weighted by Gasteiger charge is -2.16. The van der Waals surface area contributed by atoms with Gasteiger partial charge in [-0.3, -0.25) is 24.0 Å². The maximum absolute atomic E-state index is 13.1. The van der Waals surface area contributed by atoms with Crippen molar-refractivity contribution in [1.29, 1.82) is 0 Å². The predicted molar refractivity (Wildman–Crippen MR) is 124 cm³/mol. The molecule has 2 aromatic heterocycles. The second-order valence-electron chi connectivity index (χ2n) is 8.47. The molecule has 0 N–H and O–H groups in total. The van der Waals surface area contributed by atoms with Gasteiger partial charge in [-0.15, -0.1) is 0 Å². The molecule has 0 radical (unpaired) electrons. The first-order valence-corrected chi connectivity index (χ1v) is 10.5. The van der Waals surface area contributed by atoms with Gasteiger partial charge in [-0.05, 0) is 36.1 Å². The molecule has 2 heterocycles. The minimum Gasteiger partial charge on any atom is -0.287 e. The van der Waals surface area contributed by atoms with Crippen LogP contribution in [0.25, 0.3) is 17.8 Å². The molecule has 0 atom stereocenters. The average Bonchev–Trinajstić information content (AvgIpc) is 3.21. The number of hydrogen-bond acceptors (Lipinski definition) is 5. The smallest absolute Gasteiger partial charge is 0.287 e. The SMILES string of the molecule is CC(C)Cn1c(/C=C/c2cnn(-c3ccccc3)c2)c([N+](=O)[O-])c(=O)n(CC(C)C)c1=O. The minimum absolute atomic E-state index is 0.00818. The quantitative estimate of drug-likeness (QED) is 0.396. The molecular formula is C23H27N5O4. The van der Waals surface area contributed by atoms with Gasteiger partial charge in [0.05, 0.1) is 16.8 Å². The summed E-state index contributed by atoms with van der Waals surface area (Å²) in [7, 11) is 0. The standard InChI is InChI=1S/C23H27N5O4/c1-16(2)13-25-20(21(28(31)32)22(29)26(23(25)30)14-17(3)4)11-10-18-12-24-27(15-18)19-8-6-5-7-9-19/h5-12,15-17H,13-14H2,1-4H3/b11-10+. The van der Waals surface area contributed by atoms with E-state index in [1.165, 1.54) is 10.6 Å². The van der Waals surface area contributed by atoms with Gasteiger partial charge in [0.2, 0.25) is 0 Å². The first kappa shape index (κ1) is 22.9. The molecule has 3 rings (SSSR count). The zero-order valence-electron chi connectivity index (χ0n) is 18.6. The molecule has 9 heteroatoms. The minimum atomic E-state index is -0.881. The third-order valence-electron chi connectivity index (χ3n) is 4.78. The van der Waals surface area contributed by atoms with E-state index in [0.29, 0.717) is 5.56 Å². The van der Waals surface area contributed by atoms with Gasteiger partial charge in [0.15, 0.2) is 0 Å². The molecule has 1 aromatic carbocycles. The molecule has 9 nitrogen and oxygen atoms in total. The molecule has 0 aliphatic heterocycles. The zero-order chi connectivity index (χ0) is 23.4. The number of aromatic nitrogens is 4. The summed E-state index contributed by atoms with van der Waals surface area (Å²) in [6.45, 7) is 7.89. The highest BCUT2D eigenvalue weighted by Crippen LogP contribution is 2.18. The lowest BCUT2D eigenvalue weighted by molar-refractivity contribution is -0.387. The number of hydrogen-bond donors (Lipinski definition) is 0. The molecule has 0 bridgehead atoms. The molecule has 0 saturated heterocycles. The van der Waals surface area contributed by atoms with Crippen LogP contribution in [0.5, 0.6) is 0 Å². The highest BCUT2D eigenvalue weighted by atomic mass is 16.6. The van der Waals surface area contributed by atoms with Crippen molar-refractivity contribution >= 4 is 17.8 Å². The molecular weight excluding hydrogens is 410 g/mol. The van der Waals surface area contributed by atoms with Crippen LogP contribution in [0.15, 0.2) is 52.3 Å². The Bertz CT molecular complexity index is 1250. The summed E-state index contributed by atoms with van der Waals surface area (Å²) in [5, 5.41) is 16.2. The molecule has 0 aliphatic rings. The normalized spacial score (nSPS) is 11.7. The fourth-order valence-corrected chi connectivity index (χ4v) is 3.43. The van der Waals surface area contributed by atoms with Gasteiger partial charge < -0.3 is 0 Å². The van der Waals surface area contributed by atoms with Crippen LogP contribution in [0.3, 0.4) is 0 Å². The second-order valence-corrected chi connectivity index (χ2v) is 8.47. The van der Waals surface area contributed by atoms with Gasteiger partial charge in [0, 0.05) is 24.8 Å². The molecule has 0 amide bonds. The number of benzene rings is 1. The van der Waals surface area contributed by atoms with Gasteiger partial charge in [-0.1, -0.05) is 45.9 Å². The molecule has 0 spiro atoms. The second kappa shape index (κ2) is 9.59. The molecule has 0 saturated carbocycles. The summed E-state index contributed by atoms with van der Waals surface area (Å²) in [4.78, 5) is 37.1. The van der Waals surface area contributed by atoms with Crippen molar-refractivity contribution in [2.75, 3.05) is 0 Å². The van der Waals surface area contributed by atoms with Crippen LogP contribution >= 0.6 is 0 Å². The van der Waals surface area contributed by atoms with Crippen molar-refractivity contribution in [3.8, 4) is 5.69 Å². The summed E-state index contributed by atoms with van der Waals surface area (Å²) in [5.41, 5.74) is -0.482. The average molecular weight is 438 g/mol. The third kappa shape index (κ3) is 4.93. The van der Waals surface area contributed by atoms with E-state index >= 15 is 0 Å². The van der Waals surface area contributed by atoms with E-state index in [4.69, 9.17) is 0 Å². The van der Waals surface area contributed by atoms with Crippen molar-refractivity contribution < 1.29 is 4.92 Å². The molecule has 32 heavy (non-hydrogen) atoms. The Morgan fingerprint density at radius 3 is 2.22 bits per heavy atom. The summed E-state index contributed by atoms with van der Waals surface area (Å²) >= 11 is 0. The van der Waals surface area contributed by atoms with E-state index in [9.17, 15) is 19.7 Å². The number of para-hydroxylation sites is 1. The Morgan fingerprint density at radius 1 is 1.00 bits per heavy atom. The van der Waals surface area contributed by atoms with E-state index in [2.05, 4.69) is 5.10 Å². The van der Waals surface area contributed by atoms with E-state index in [-0.39, 0.29) is 30.6 Å². The molecule has 0 fully saturated rings. The number of nitrogens with zero attached hydrogens (tertiary/aromatic N) is 5. The molecule has 3 aromatic rings. The molecule has 0 unspecified atom stereocenters. The Morgan fingerprint density at radius 2 is 1.62 bits per heavy atom. The van der Waals surface area contributed by atoms with Crippen molar-refractivity contribution in [1.82, 2.24) is 18.9 Å². The Kier molecular flexibility index (Phi) is 6.87. The van der Waals surface area contributed by atoms with E-state index in [0.717, 1.165) is 10.3 Å². The fourth-order valence-electron chi connectivity index (χ4n) is 3.43. The Balaban J connectivity index is 2.14. The molecule has 168 valence electrons. The highest BCUT2D eigenvalue weighted by molar-refractivity contribution is 5.71. The first-order valence-electron chi connectivity index (χ1n) is 10.5. The van der Waals surface area contributed by atoms with Crippen LogP contribution in [-0.2, 0) is 13.1 Å². The third-order valence-corrected chi connectivity index (χ3v) is 4.78. The fraction of sp³-hybridized carbons (Fsp3) is 0.348. The Labute approximate surface area is 185 Å². The summed E-state index contributed by atoms with van der Waals surface area (Å²) < 4.78 is 3.97. The number of nitro groups is 1. The zero-order valence-corrected chi connectivity index (χ0v) is 18.6. The maximum atomic E-state index is 13.1. The molecule has 0 aliphatic carbocycles. The lowest BCUT2D eigenvalue weighted by atomic mass is 10.2. The van der Waals surface area contributed by atoms with Crippen molar-refractivity contribution in [3.05, 3.63) is 84.9 Å². The predicted octanol–water partition coefficient (Wildman–Crippen LogP) is 3.59. The van der Waals surface area contributed by atoms with E-state index < -0.39 is 21.9 Å². The Hall–Kier alpha value is -3.75. The van der Waals surface area contributed by atoms with Crippen molar-refractivity contribution in [2.45, 2.75) is 40.8 Å². The van der Waals surface area contributed by atoms with Gasteiger partial charge in [0.1, 0.15) is 5.69 Å². The van der Waals surface area contributed by atoms with Crippen molar-refractivity contribution in [2.24, 2.45) is 11.8 Å². The van der Waals surface area contributed by atoms with Crippen LogP contribution in [0.4, 0.5) is 5.69 Å². The first-order chi connectivity index (χ1) is 15.2. The highest BCUT2D eigenvalue weighted by Gasteiger charge is 2.27. The monoisotopic (exact) mass is 437 g/mol. The van der Waals surface area contributed by atoms with E-state index in [1.54, 1.807) is 23.2 Å². The van der Waals surface area contributed by atoms with Crippen LogP contribution in [0.1, 0.15) is 39.0 Å². The van der Waals surface area contributed by atoms with Gasteiger partial charge in [-0.2, -0.15) is 5.10 Å². The largest absolute Gasteiger partial charge is 0.357 e. The maximum Gasteiger partial charge on any atom is 0.357 e. The van der Waals surface area contributed by atoms with Crippen molar-refractivity contribution in [3.63, 3.8) is 0 Å². The number of rotatable bonds is 8. The van der Waals surface area contributed by atoms with Gasteiger partial charge >= 0.3 is 16.9 Å². The summed E-state index contributed by atoms with van der Waals surface area (Å²) in [5.74, 6) is 0.0306. The van der Waals surface area contributed by atoms with Gasteiger partial charge in [-0.25, -0.2) is 9.48 Å². The topological polar surface area (TPSA) is 105 Å². The lowest BCUT2D eigenvalue weighted by Crippen LogP contribution is -2.43. The van der Waals surface area contributed by atoms with Crippen LogP contribution in [0, 0.1) is 22.0 Å². The van der Waals surface area contributed by atoms with Crippen LogP contribution in [-0.4, -0.2) is 23.8 Å². The van der Waals surface area contributed by atoms with Crippen LogP contribution < -0.4 is 11.2 Å². The van der Waals surface area contributed by atoms with Crippen LogP contribution in [0.2, 0.25) is 0 Å².